The second-order valence-corrected chi connectivity index (χ2v) is 3.68. The van der Waals surface area contributed by atoms with Gasteiger partial charge in [-0.15, -0.1) is 12.6 Å². The summed E-state index contributed by atoms with van der Waals surface area (Å²) in [5, 5.41) is 10.4. The van der Waals surface area contributed by atoms with Crippen molar-refractivity contribution in [3.63, 3.8) is 0 Å². The lowest BCUT2D eigenvalue weighted by molar-refractivity contribution is -0.385. The number of halogens is 1. The first kappa shape index (κ1) is 9.54. The number of nitro groups is 1. The molecular weight excluding hydrogens is 242 g/mol. The summed E-state index contributed by atoms with van der Waals surface area (Å²) in [6.45, 7) is 1.78. The zero-order chi connectivity index (χ0) is 9.30. The third kappa shape index (κ3) is 1.78. The summed E-state index contributed by atoms with van der Waals surface area (Å²) in [5.74, 6) is 0. The highest BCUT2D eigenvalue weighted by atomic mass is 79.9. The molecule has 0 heterocycles. The van der Waals surface area contributed by atoms with Gasteiger partial charge >= 0.3 is 0 Å². The minimum absolute atomic E-state index is 0.0744. The van der Waals surface area contributed by atoms with Crippen molar-refractivity contribution in [3.05, 3.63) is 32.3 Å². The zero-order valence-corrected chi connectivity index (χ0v) is 8.72. The van der Waals surface area contributed by atoms with Crippen LogP contribution in [0.25, 0.3) is 0 Å². The molecule has 0 aromatic heterocycles. The molecule has 0 fully saturated rings. The highest BCUT2D eigenvalue weighted by molar-refractivity contribution is 9.10. The average molecular weight is 248 g/mol. The van der Waals surface area contributed by atoms with Crippen LogP contribution in [0, 0.1) is 17.0 Å². The van der Waals surface area contributed by atoms with Crippen molar-refractivity contribution in [3.8, 4) is 0 Å². The van der Waals surface area contributed by atoms with Crippen LogP contribution >= 0.6 is 28.6 Å². The molecule has 0 aliphatic rings. The van der Waals surface area contributed by atoms with Gasteiger partial charge in [0.2, 0.25) is 0 Å². The molecule has 0 saturated carbocycles. The van der Waals surface area contributed by atoms with E-state index in [9.17, 15) is 10.1 Å². The largest absolute Gasteiger partial charge is 0.283 e. The normalized spacial score (nSPS) is 9.92. The fourth-order valence-electron chi connectivity index (χ4n) is 0.796. The Labute approximate surface area is 83.5 Å². The summed E-state index contributed by atoms with van der Waals surface area (Å²) in [5.41, 5.74) is 0.874. The first-order valence-corrected chi connectivity index (χ1v) is 4.40. The molecule has 1 rings (SSSR count). The standard InChI is InChI=1S/C7H6BrNO2S/c1-4-2-6(9(10)11)5(8)3-7(4)12/h2-3,12H,1H3. The summed E-state index contributed by atoms with van der Waals surface area (Å²) in [7, 11) is 0. The number of nitro benzene ring substituents is 1. The number of benzene rings is 1. The Morgan fingerprint density at radius 3 is 2.67 bits per heavy atom. The summed E-state index contributed by atoms with van der Waals surface area (Å²) in [4.78, 5) is 10.8. The van der Waals surface area contributed by atoms with Crippen LogP contribution in [0.3, 0.4) is 0 Å². The van der Waals surface area contributed by atoms with Gasteiger partial charge in [-0.2, -0.15) is 0 Å². The summed E-state index contributed by atoms with van der Waals surface area (Å²) in [6, 6.07) is 3.11. The lowest BCUT2D eigenvalue weighted by Crippen LogP contribution is -1.90. The number of nitrogens with zero attached hydrogens (tertiary/aromatic N) is 1. The van der Waals surface area contributed by atoms with Crippen molar-refractivity contribution in [2.75, 3.05) is 0 Å². The van der Waals surface area contributed by atoms with Crippen LogP contribution < -0.4 is 0 Å². The number of thiol groups is 1. The van der Waals surface area contributed by atoms with Gasteiger partial charge in [-0.25, -0.2) is 0 Å². The van der Waals surface area contributed by atoms with E-state index < -0.39 is 4.92 Å². The Morgan fingerprint density at radius 2 is 2.17 bits per heavy atom. The maximum atomic E-state index is 10.4. The molecule has 1 aromatic carbocycles. The van der Waals surface area contributed by atoms with Crippen molar-refractivity contribution in [2.24, 2.45) is 0 Å². The fraction of sp³-hybridized carbons (Fsp3) is 0.143. The van der Waals surface area contributed by atoms with Crippen molar-refractivity contribution < 1.29 is 4.92 Å². The van der Waals surface area contributed by atoms with Crippen molar-refractivity contribution in [1.29, 1.82) is 0 Å². The van der Waals surface area contributed by atoms with Crippen LogP contribution in [0.15, 0.2) is 21.5 Å². The Hall–Kier alpha value is -0.550. The first-order chi connectivity index (χ1) is 5.52. The summed E-state index contributed by atoms with van der Waals surface area (Å²) >= 11 is 7.22. The van der Waals surface area contributed by atoms with Gasteiger partial charge in [0.05, 0.1) is 9.40 Å². The van der Waals surface area contributed by atoms with E-state index >= 15 is 0 Å². The molecule has 0 N–H and O–H groups in total. The van der Waals surface area contributed by atoms with Crippen LogP contribution in [0.1, 0.15) is 5.56 Å². The third-order valence-electron chi connectivity index (χ3n) is 1.46. The minimum atomic E-state index is -0.426. The quantitative estimate of drug-likeness (QED) is 0.471. The minimum Gasteiger partial charge on any atom is -0.258 e. The van der Waals surface area contributed by atoms with Gasteiger partial charge in [0.15, 0.2) is 0 Å². The van der Waals surface area contributed by atoms with Gasteiger partial charge in [-0.3, -0.25) is 10.1 Å². The predicted molar refractivity (Wildman–Crippen MR) is 52.8 cm³/mol. The summed E-state index contributed by atoms with van der Waals surface area (Å²) < 4.78 is 0.461. The molecule has 0 bridgehead atoms. The predicted octanol–water partition coefficient (Wildman–Crippen LogP) is 2.95. The number of hydrogen-bond acceptors (Lipinski definition) is 3. The van der Waals surface area contributed by atoms with E-state index in [1.807, 2.05) is 0 Å². The Morgan fingerprint density at radius 1 is 1.58 bits per heavy atom. The fourth-order valence-corrected chi connectivity index (χ4v) is 1.65. The molecule has 3 nitrogen and oxygen atoms in total. The number of rotatable bonds is 1. The second-order valence-electron chi connectivity index (χ2n) is 2.35. The molecule has 1 aromatic rings. The van der Waals surface area contributed by atoms with E-state index in [1.165, 1.54) is 6.07 Å². The molecule has 0 atom stereocenters. The molecule has 0 unspecified atom stereocenters. The van der Waals surface area contributed by atoms with Gasteiger partial charge in [0, 0.05) is 11.0 Å². The van der Waals surface area contributed by atoms with E-state index in [2.05, 4.69) is 28.6 Å². The first-order valence-electron chi connectivity index (χ1n) is 3.16. The van der Waals surface area contributed by atoms with E-state index in [-0.39, 0.29) is 5.69 Å². The third-order valence-corrected chi connectivity index (χ3v) is 2.58. The Bertz CT molecular complexity index is 340. The van der Waals surface area contributed by atoms with Crippen molar-refractivity contribution >= 4 is 34.2 Å². The van der Waals surface area contributed by atoms with Gasteiger partial charge < -0.3 is 0 Å². The maximum Gasteiger partial charge on any atom is 0.283 e. The molecule has 5 heteroatoms. The van der Waals surface area contributed by atoms with Crippen LogP contribution in [-0.4, -0.2) is 4.92 Å². The number of aryl methyl sites for hydroxylation is 1. The topological polar surface area (TPSA) is 43.1 Å². The van der Waals surface area contributed by atoms with Crippen LogP contribution in [0.2, 0.25) is 0 Å². The summed E-state index contributed by atoms with van der Waals surface area (Å²) in [6.07, 6.45) is 0. The molecule has 0 aliphatic heterocycles. The SMILES string of the molecule is Cc1cc([N+](=O)[O-])c(Br)cc1S. The smallest absolute Gasteiger partial charge is 0.258 e. The van der Waals surface area contributed by atoms with E-state index in [4.69, 9.17) is 0 Å². The molecule has 12 heavy (non-hydrogen) atoms. The maximum absolute atomic E-state index is 10.4. The van der Waals surface area contributed by atoms with Crippen LogP contribution in [-0.2, 0) is 0 Å². The van der Waals surface area contributed by atoms with E-state index in [0.29, 0.717) is 4.47 Å². The highest BCUT2D eigenvalue weighted by Gasteiger charge is 2.12. The zero-order valence-electron chi connectivity index (χ0n) is 6.24. The molecule has 64 valence electrons. The molecule has 0 spiro atoms. The molecular formula is C7H6BrNO2S. The lowest BCUT2D eigenvalue weighted by atomic mass is 10.2. The van der Waals surface area contributed by atoms with Crippen molar-refractivity contribution in [2.45, 2.75) is 11.8 Å². The van der Waals surface area contributed by atoms with Crippen molar-refractivity contribution in [1.82, 2.24) is 0 Å². The molecule has 0 radical (unpaired) electrons. The molecule has 0 saturated heterocycles. The highest BCUT2D eigenvalue weighted by Crippen LogP contribution is 2.29. The lowest BCUT2D eigenvalue weighted by Gasteiger charge is -2.00. The van der Waals surface area contributed by atoms with Gasteiger partial charge in [-0.05, 0) is 34.5 Å². The number of hydrogen-bond donors (Lipinski definition) is 1. The Kier molecular flexibility index (Phi) is 2.74. The molecule has 0 amide bonds. The van der Waals surface area contributed by atoms with Crippen LogP contribution in [0.5, 0.6) is 0 Å². The van der Waals surface area contributed by atoms with Gasteiger partial charge in [-0.1, -0.05) is 0 Å². The average Bonchev–Trinajstić information content (AvgIpc) is 1.96. The Balaban J connectivity index is 3.33. The van der Waals surface area contributed by atoms with E-state index in [0.717, 1.165) is 10.5 Å². The van der Waals surface area contributed by atoms with Gasteiger partial charge in [0.25, 0.3) is 5.69 Å². The second kappa shape index (κ2) is 3.45. The van der Waals surface area contributed by atoms with Crippen LogP contribution in [0.4, 0.5) is 5.69 Å². The van der Waals surface area contributed by atoms with Gasteiger partial charge in [0.1, 0.15) is 0 Å². The van der Waals surface area contributed by atoms with E-state index in [1.54, 1.807) is 13.0 Å². The molecule has 0 aliphatic carbocycles. The monoisotopic (exact) mass is 247 g/mol.